The monoisotopic (exact) mass is 541 g/mol. The molecule has 0 fully saturated rings. The quantitative estimate of drug-likeness (QED) is 0.270. The summed E-state index contributed by atoms with van der Waals surface area (Å²) in [5.41, 5.74) is 0.560. The first-order chi connectivity index (χ1) is 17.6. The first-order valence-corrected chi connectivity index (χ1v) is 12.5. The number of rotatable bonds is 7. The maximum absolute atomic E-state index is 13.2. The van der Waals surface area contributed by atoms with Gasteiger partial charge in [0.15, 0.2) is 0 Å². The molecule has 0 aromatic heterocycles. The fourth-order valence-corrected chi connectivity index (χ4v) is 4.90. The second kappa shape index (κ2) is 10.8. The third-order valence-corrected chi connectivity index (χ3v) is 6.95. The Hall–Kier alpha value is -4.28. The van der Waals surface area contributed by atoms with E-state index in [1.807, 2.05) is 0 Å². The van der Waals surface area contributed by atoms with Crippen LogP contribution in [0.2, 0.25) is 5.02 Å². The third-order valence-electron chi connectivity index (χ3n) is 5.10. The minimum Gasteiger partial charge on any atom is -0.322 e. The van der Waals surface area contributed by atoms with E-state index in [4.69, 9.17) is 11.6 Å². The van der Waals surface area contributed by atoms with Gasteiger partial charge in [-0.1, -0.05) is 23.7 Å². The fourth-order valence-electron chi connectivity index (χ4n) is 3.29. The molecule has 0 saturated carbocycles. The predicted molar refractivity (Wildman–Crippen MR) is 137 cm³/mol. The maximum Gasteiger partial charge on any atom is 0.263 e. The molecule has 2 amide bonds. The van der Waals surface area contributed by atoms with Crippen LogP contribution in [-0.2, 0) is 10.0 Å². The Balaban J connectivity index is 1.58. The normalized spacial score (nSPS) is 11.0. The molecule has 0 spiro atoms. The van der Waals surface area contributed by atoms with Crippen molar-refractivity contribution in [3.8, 4) is 0 Å². The van der Waals surface area contributed by atoms with Crippen molar-refractivity contribution >= 4 is 50.5 Å². The van der Waals surface area contributed by atoms with Crippen molar-refractivity contribution in [2.45, 2.75) is 4.90 Å². The molecule has 3 N–H and O–H groups in total. The molecule has 0 unspecified atom stereocenters. The van der Waals surface area contributed by atoms with Gasteiger partial charge < -0.3 is 10.6 Å². The SMILES string of the molecule is O=C(Nc1ccc(F)cc1)c1ccc(Cl)c(S(=O)(=O)Nc2ccccc2C(=O)Nc2ccc(F)cc2)c1. The lowest BCUT2D eigenvalue weighted by Gasteiger charge is -2.14. The zero-order valence-corrected chi connectivity index (χ0v) is 20.4. The highest BCUT2D eigenvalue weighted by atomic mass is 35.5. The zero-order valence-electron chi connectivity index (χ0n) is 18.8. The van der Waals surface area contributed by atoms with Crippen molar-refractivity contribution in [2.75, 3.05) is 15.4 Å². The molecule has 188 valence electrons. The van der Waals surface area contributed by atoms with Gasteiger partial charge in [0.05, 0.1) is 16.3 Å². The topological polar surface area (TPSA) is 104 Å². The van der Waals surface area contributed by atoms with E-state index in [0.717, 1.165) is 6.07 Å². The standard InChI is InChI=1S/C26H18ClF2N3O4S/c27-22-14-5-16(25(33)30-19-10-6-17(28)7-11-19)15-24(22)37(35,36)32-23-4-2-1-3-21(23)26(34)31-20-12-8-18(29)9-13-20/h1-15,32H,(H,30,33)(H,31,34). The van der Waals surface area contributed by atoms with E-state index in [-0.39, 0.29) is 21.8 Å². The summed E-state index contributed by atoms with van der Waals surface area (Å²) in [6.07, 6.45) is 0. The van der Waals surface area contributed by atoms with Crippen LogP contribution < -0.4 is 15.4 Å². The summed E-state index contributed by atoms with van der Waals surface area (Å²) in [4.78, 5) is 25.1. The molecule has 0 saturated heterocycles. The lowest BCUT2D eigenvalue weighted by molar-refractivity contribution is 0.101. The number of nitrogens with one attached hydrogen (secondary N) is 3. The molecule has 7 nitrogen and oxygen atoms in total. The second-order valence-electron chi connectivity index (χ2n) is 7.72. The first kappa shape index (κ1) is 25.8. The van der Waals surface area contributed by atoms with Crippen LogP contribution in [0.25, 0.3) is 0 Å². The number of hydrogen-bond acceptors (Lipinski definition) is 4. The summed E-state index contributed by atoms with van der Waals surface area (Å²) in [6, 6.07) is 19.7. The molecule has 0 bridgehead atoms. The summed E-state index contributed by atoms with van der Waals surface area (Å²) in [7, 11) is -4.35. The van der Waals surface area contributed by atoms with Gasteiger partial charge in [-0.05, 0) is 78.9 Å². The van der Waals surface area contributed by atoms with E-state index in [0.29, 0.717) is 11.4 Å². The Morgan fingerprint density at radius 3 is 1.84 bits per heavy atom. The number of hydrogen-bond donors (Lipinski definition) is 3. The molecule has 4 aromatic rings. The Bertz CT molecular complexity index is 1580. The van der Waals surface area contributed by atoms with Crippen molar-refractivity contribution in [1.82, 2.24) is 0 Å². The molecule has 0 atom stereocenters. The molecule has 0 aliphatic heterocycles. The van der Waals surface area contributed by atoms with Crippen molar-refractivity contribution < 1.29 is 26.8 Å². The smallest absolute Gasteiger partial charge is 0.263 e. The van der Waals surface area contributed by atoms with Gasteiger partial charge in [0.1, 0.15) is 16.5 Å². The van der Waals surface area contributed by atoms with E-state index < -0.39 is 38.4 Å². The summed E-state index contributed by atoms with van der Waals surface area (Å²) >= 11 is 6.15. The van der Waals surface area contributed by atoms with E-state index in [1.165, 1.54) is 78.9 Å². The van der Waals surface area contributed by atoms with E-state index >= 15 is 0 Å². The van der Waals surface area contributed by atoms with Gasteiger partial charge in [0, 0.05) is 16.9 Å². The fraction of sp³-hybridized carbons (Fsp3) is 0. The summed E-state index contributed by atoms with van der Waals surface area (Å²) in [5, 5.41) is 4.96. The molecular weight excluding hydrogens is 524 g/mol. The highest BCUT2D eigenvalue weighted by Gasteiger charge is 2.23. The van der Waals surface area contributed by atoms with Crippen LogP contribution in [-0.4, -0.2) is 20.2 Å². The summed E-state index contributed by atoms with van der Waals surface area (Å²) in [5.74, 6) is -2.23. The highest BCUT2D eigenvalue weighted by Crippen LogP contribution is 2.27. The zero-order chi connectivity index (χ0) is 26.6. The van der Waals surface area contributed by atoms with Gasteiger partial charge in [-0.15, -0.1) is 0 Å². The third kappa shape index (κ3) is 6.29. The number of halogens is 3. The Kier molecular flexibility index (Phi) is 7.51. The molecule has 0 aliphatic rings. The average Bonchev–Trinajstić information content (AvgIpc) is 2.87. The van der Waals surface area contributed by atoms with Crippen LogP contribution in [0.15, 0.2) is 95.9 Å². The minimum atomic E-state index is -4.35. The van der Waals surface area contributed by atoms with Gasteiger partial charge in [0.2, 0.25) is 0 Å². The molecule has 11 heteroatoms. The largest absolute Gasteiger partial charge is 0.322 e. The number of anilines is 3. The van der Waals surface area contributed by atoms with E-state index in [9.17, 15) is 26.8 Å². The van der Waals surface area contributed by atoms with Crippen LogP contribution >= 0.6 is 11.6 Å². The number of carbonyl (C=O) groups excluding carboxylic acids is 2. The van der Waals surface area contributed by atoms with Gasteiger partial charge in [0.25, 0.3) is 21.8 Å². The average molecular weight is 542 g/mol. The highest BCUT2D eigenvalue weighted by molar-refractivity contribution is 7.92. The maximum atomic E-state index is 13.2. The Morgan fingerprint density at radius 2 is 1.24 bits per heavy atom. The molecule has 0 heterocycles. The Labute approximate surface area is 216 Å². The Morgan fingerprint density at radius 1 is 0.703 bits per heavy atom. The van der Waals surface area contributed by atoms with Crippen LogP contribution in [0.1, 0.15) is 20.7 Å². The van der Waals surface area contributed by atoms with Crippen molar-refractivity contribution in [3.63, 3.8) is 0 Å². The number of amides is 2. The molecule has 4 rings (SSSR count). The van der Waals surface area contributed by atoms with E-state index in [2.05, 4.69) is 15.4 Å². The van der Waals surface area contributed by atoms with Gasteiger partial charge in [-0.2, -0.15) is 0 Å². The minimum absolute atomic E-state index is 0.00303. The van der Waals surface area contributed by atoms with Crippen molar-refractivity contribution in [2.24, 2.45) is 0 Å². The molecule has 37 heavy (non-hydrogen) atoms. The van der Waals surface area contributed by atoms with Gasteiger partial charge >= 0.3 is 0 Å². The van der Waals surface area contributed by atoms with Crippen LogP contribution in [0.4, 0.5) is 25.8 Å². The predicted octanol–water partition coefficient (Wildman–Crippen LogP) is 5.92. The summed E-state index contributed by atoms with van der Waals surface area (Å²) < 4.78 is 55.0. The van der Waals surface area contributed by atoms with E-state index in [1.54, 1.807) is 6.07 Å². The number of benzene rings is 4. The number of para-hydroxylation sites is 1. The lowest BCUT2D eigenvalue weighted by atomic mass is 10.1. The van der Waals surface area contributed by atoms with Gasteiger partial charge in [-0.25, -0.2) is 17.2 Å². The first-order valence-electron chi connectivity index (χ1n) is 10.7. The summed E-state index contributed by atoms with van der Waals surface area (Å²) in [6.45, 7) is 0. The molecule has 0 radical (unpaired) electrons. The number of sulfonamides is 1. The van der Waals surface area contributed by atoms with Gasteiger partial charge in [-0.3, -0.25) is 14.3 Å². The second-order valence-corrected chi connectivity index (χ2v) is 9.78. The molecular formula is C26H18ClF2N3O4S. The number of carbonyl (C=O) groups is 2. The van der Waals surface area contributed by atoms with Crippen LogP contribution in [0.5, 0.6) is 0 Å². The lowest BCUT2D eigenvalue weighted by Crippen LogP contribution is -2.19. The molecule has 4 aromatic carbocycles. The van der Waals surface area contributed by atoms with Crippen molar-refractivity contribution in [1.29, 1.82) is 0 Å². The van der Waals surface area contributed by atoms with Crippen LogP contribution in [0, 0.1) is 11.6 Å². The molecule has 0 aliphatic carbocycles. The van der Waals surface area contributed by atoms with Crippen LogP contribution in [0.3, 0.4) is 0 Å². The van der Waals surface area contributed by atoms with Crippen molar-refractivity contribution in [3.05, 3.63) is 119 Å².